The molecule has 6 heteroatoms. The summed E-state index contributed by atoms with van der Waals surface area (Å²) in [4.78, 5) is 25.9. The summed E-state index contributed by atoms with van der Waals surface area (Å²) in [6.07, 6.45) is 1.14. The van der Waals surface area contributed by atoms with Crippen molar-refractivity contribution in [3.05, 3.63) is 29.8 Å². The highest BCUT2D eigenvalue weighted by Gasteiger charge is 2.33. The lowest BCUT2D eigenvalue weighted by molar-refractivity contribution is -0.121. The van der Waals surface area contributed by atoms with Crippen molar-refractivity contribution < 1.29 is 19.1 Å². The number of carbonyl (C=O) groups excluding carboxylic acids is 2. The van der Waals surface area contributed by atoms with Gasteiger partial charge >= 0.3 is 6.09 Å². The van der Waals surface area contributed by atoms with Crippen LogP contribution in [-0.2, 0) is 9.53 Å². The lowest BCUT2D eigenvalue weighted by Gasteiger charge is -2.36. The van der Waals surface area contributed by atoms with E-state index in [2.05, 4.69) is 0 Å². The first-order valence-corrected chi connectivity index (χ1v) is 8.62. The fourth-order valence-corrected chi connectivity index (χ4v) is 3.22. The fraction of sp³-hybridized carbons (Fsp3) is 0.579. The van der Waals surface area contributed by atoms with Crippen LogP contribution in [0, 0.1) is 5.92 Å². The highest BCUT2D eigenvalue weighted by molar-refractivity contribution is 5.82. The average Bonchev–Trinajstić information content (AvgIpc) is 2.54. The van der Waals surface area contributed by atoms with Crippen molar-refractivity contribution in [3.8, 4) is 5.75 Å². The minimum absolute atomic E-state index is 0.115. The number of benzene rings is 1. The zero-order chi connectivity index (χ0) is 18.6. The van der Waals surface area contributed by atoms with Gasteiger partial charge in [0.25, 0.3) is 0 Å². The van der Waals surface area contributed by atoms with Crippen LogP contribution in [0.3, 0.4) is 0 Å². The van der Waals surface area contributed by atoms with Crippen molar-refractivity contribution in [2.24, 2.45) is 11.7 Å². The number of hydrogen-bond acceptors (Lipinski definition) is 4. The molecule has 1 aromatic rings. The van der Waals surface area contributed by atoms with Gasteiger partial charge in [0.2, 0.25) is 5.91 Å². The van der Waals surface area contributed by atoms with E-state index in [-0.39, 0.29) is 23.8 Å². The first-order chi connectivity index (χ1) is 11.7. The van der Waals surface area contributed by atoms with Crippen LogP contribution in [0.25, 0.3) is 0 Å². The van der Waals surface area contributed by atoms with E-state index in [1.807, 2.05) is 45.0 Å². The van der Waals surface area contributed by atoms with Crippen LogP contribution < -0.4 is 10.5 Å². The summed E-state index contributed by atoms with van der Waals surface area (Å²) < 4.78 is 10.6. The van der Waals surface area contributed by atoms with Gasteiger partial charge in [-0.3, -0.25) is 4.79 Å². The Morgan fingerprint density at radius 2 is 1.72 bits per heavy atom. The van der Waals surface area contributed by atoms with E-state index in [0.717, 1.165) is 24.2 Å². The number of nitrogens with zero attached hydrogens (tertiary/aromatic N) is 1. The van der Waals surface area contributed by atoms with E-state index in [1.54, 1.807) is 12.0 Å². The summed E-state index contributed by atoms with van der Waals surface area (Å²) >= 11 is 0. The quantitative estimate of drug-likeness (QED) is 0.907. The van der Waals surface area contributed by atoms with Crippen LogP contribution in [0.2, 0.25) is 0 Å². The third kappa shape index (κ3) is 5.11. The molecule has 0 radical (unpaired) electrons. The summed E-state index contributed by atoms with van der Waals surface area (Å²) in [5.41, 5.74) is 6.06. The molecule has 2 N–H and O–H groups in total. The average molecular weight is 348 g/mol. The van der Waals surface area contributed by atoms with Gasteiger partial charge < -0.3 is 20.1 Å². The van der Waals surface area contributed by atoms with Gasteiger partial charge in [0.15, 0.2) is 0 Å². The van der Waals surface area contributed by atoms with Crippen molar-refractivity contribution in [1.29, 1.82) is 0 Å². The lowest BCUT2D eigenvalue weighted by atomic mass is 9.79. The molecule has 1 aromatic carbocycles. The van der Waals surface area contributed by atoms with Crippen LogP contribution in [-0.4, -0.2) is 42.7 Å². The van der Waals surface area contributed by atoms with E-state index >= 15 is 0 Å². The molecule has 0 aliphatic carbocycles. The van der Waals surface area contributed by atoms with Crippen molar-refractivity contribution in [1.82, 2.24) is 4.90 Å². The normalized spacial score (nSPS) is 17.0. The van der Waals surface area contributed by atoms with E-state index < -0.39 is 5.60 Å². The Labute approximate surface area is 149 Å². The molecule has 0 bridgehead atoms. The SMILES string of the molecule is COc1ccc(C(C(N)=O)C2CCN(C(=O)OC(C)(C)C)CC2)cc1. The van der Waals surface area contributed by atoms with Gasteiger partial charge in [0, 0.05) is 13.1 Å². The molecule has 1 fully saturated rings. The van der Waals surface area contributed by atoms with E-state index in [1.165, 1.54) is 0 Å². The maximum absolute atomic E-state index is 12.2. The molecule has 0 saturated carbocycles. The van der Waals surface area contributed by atoms with Gasteiger partial charge in [-0.25, -0.2) is 4.79 Å². The van der Waals surface area contributed by atoms with Crippen molar-refractivity contribution in [3.63, 3.8) is 0 Å². The standard InChI is InChI=1S/C19H28N2O4/c1-19(2,3)25-18(23)21-11-9-14(10-12-21)16(17(20)22)13-5-7-15(24-4)8-6-13/h5-8,14,16H,9-12H2,1-4H3,(H2,20,22). The first kappa shape index (κ1) is 19.1. The Morgan fingerprint density at radius 1 is 1.16 bits per heavy atom. The van der Waals surface area contributed by atoms with Gasteiger partial charge in [-0.05, 0) is 57.2 Å². The second-order valence-corrected chi connectivity index (χ2v) is 7.46. The highest BCUT2D eigenvalue weighted by atomic mass is 16.6. The third-order valence-corrected chi connectivity index (χ3v) is 4.44. The predicted molar refractivity (Wildman–Crippen MR) is 95.5 cm³/mol. The zero-order valence-electron chi connectivity index (χ0n) is 15.5. The monoisotopic (exact) mass is 348 g/mol. The van der Waals surface area contributed by atoms with Gasteiger partial charge in [0.1, 0.15) is 11.4 Å². The van der Waals surface area contributed by atoms with Crippen molar-refractivity contribution >= 4 is 12.0 Å². The second-order valence-electron chi connectivity index (χ2n) is 7.46. The topological polar surface area (TPSA) is 81.9 Å². The number of carbonyl (C=O) groups is 2. The van der Waals surface area contributed by atoms with Gasteiger partial charge in [0.05, 0.1) is 13.0 Å². The minimum Gasteiger partial charge on any atom is -0.497 e. The van der Waals surface area contributed by atoms with E-state index in [0.29, 0.717) is 13.1 Å². The number of piperidine rings is 1. The van der Waals surface area contributed by atoms with Crippen molar-refractivity contribution in [2.75, 3.05) is 20.2 Å². The number of amides is 2. The Morgan fingerprint density at radius 3 is 2.16 bits per heavy atom. The smallest absolute Gasteiger partial charge is 0.410 e. The molecule has 0 aromatic heterocycles. The molecule has 1 saturated heterocycles. The number of ether oxygens (including phenoxy) is 2. The molecule has 1 unspecified atom stereocenters. The maximum Gasteiger partial charge on any atom is 0.410 e. The highest BCUT2D eigenvalue weighted by Crippen LogP contribution is 2.33. The Kier molecular flexibility index (Phi) is 5.93. The Bertz CT molecular complexity index is 599. The van der Waals surface area contributed by atoms with Gasteiger partial charge in [-0.15, -0.1) is 0 Å². The number of nitrogens with two attached hydrogens (primary N) is 1. The minimum atomic E-state index is -0.507. The molecular weight excluding hydrogens is 320 g/mol. The molecule has 25 heavy (non-hydrogen) atoms. The number of methoxy groups -OCH3 is 1. The zero-order valence-corrected chi connectivity index (χ0v) is 15.5. The molecule has 0 spiro atoms. The summed E-state index contributed by atoms with van der Waals surface area (Å²) in [6.45, 7) is 6.69. The summed E-state index contributed by atoms with van der Waals surface area (Å²) in [6, 6.07) is 7.44. The van der Waals surface area contributed by atoms with Crippen LogP contribution >= 0.6 is 0 Å². The molecule has 1 heterocycles. The molecule has 1 aliphatic rings. The molecule has 2 amide bonds. The maximum atomic E-state index is 12.2. The van der Waals surface area contributed by atoms with Gasteiger partial charge in [-0.1, -0.05) is 12.1 Å². The molecular formula is C19H28N2O4. The number of primary amides is 1. The van der Waals surface area contributed by atoms with Crippen LogP contribution in [0.1, 0.15) is 45.1 Å². The van der Waals surface area contributed by atoms with Crippen LogP contribution in [0.5, 0.6) is 5.75 Å². The molecule has 1 atom stereocenters. The van der Waals surface area contributed by atoms with E-state index in [4.69, 9.17) is 15.2 Å². The third-order valence-electron chi connectivity index (χ3n) is 4.44. The predicted octanol–water partition coefficient (Wildman–Crippen LogP) is 2.91. The lowest BCUT2D eigenvalue weighted by Crippen LogP contribution is -2.43. The first-order valence-electron chi connectivity index (χ1n) is 8.62. The number of rotatable bonds is 4. The number of likely N-dealkylation sites (tertiary alicyclic amines) is 1. The van der Waals surface area contributed by atoms with Crippen LogP contribution in [0.4, 0.5) is 4.79 Å². The Balaban J connectivity index is 2.03. The summed E-state index contributed by atoms with van der Waals surface area (Å²) in [5.74, 6) is 0.170. The molecule has 6 nitrogen and oxygen atoms in total. The van der Waals surface area contributed by atoms with E-state index in [9.17, 15) is 9.59 Å². The Hall–Kier alpha value is -2.24. The van der Waals surface area contributed by atoms with Crippen LogP contribution in [0.15, 0.2) is 24.3 Å². The largest absolute Gasteiger partial charge is 0.497 e. The van der Waals surface area contributed by atoms with Crippen molar-refractivity contribution in [2.45, 2.75) is 45.1 Å². The van der Waals surface area contributed by atoms with Gasteiger partial charge in [-0.2, -0.15) is 0 Å². The number of hydrogen-bond donors (Lipinski definition) is 1. The summed E-state index contributed by atoms with van der Waals surface area (Å²) in [7, 11) is 1.60. The molecule has 138 valence electrons. The fourth-order valence-electron chi connectivity index (χ4n) is 3.22. The molecule has 2 rings (SSSR count). The molecule has 1 aliphatic heterocycles. The second kappa shape index (κ2) is 7.76. The summed E-state index contributed by atoms with van der Waals surface area (Å²) in [5, 5.41) is 0.